The van der Waals surface area contributed by atoms with Crippen molar-refractivity contribution in [2.24, 2.45) is 5.41 Å². The quantitative estimate of drug-likeness (QED) is 0.283. The van der Waals surface area contributed by atoms with Gasteiger partial charge < -0.3 is 5.11 Å². The molecule has 23 heavy (non-hydrogen) atoms. The average molecular weight is 327 g/mol. The van der Waals surface area contributed by atoms with Crippen LogP contribution in [-0.2, 0) is 4.79 Å². The molecule has 0 aliphatic carbocycles. The van der Waals surface area contributed by atoms with Crippen LogP contribution in [-0.4, -0.2) is 11.1 Å². The summed E-state index contributed by atoms with van der Waals surface area (Å²) in [7, 11) is 0. The second-order valence-corrected chi connectivity index (χ2v) is 8.08. The van der Waals surface area contributed by atoms with E-state index in [1.807, 2.05) is 0 Å². The Balaban J connectivity index is 3.20. The third kappa shape index (κ3) is 17.7. The van der Waals surface area contributed by atoms with Crippen LogP contribution in [0, 0.1) is 5.41 Å². The molecule has 0 atom stereocenters. The van der Waals surface area contributed by atoms with E-state index >= 15 is 0 Å². The van der Waals surface area contributed by atoms with Crippen LogP contribution in [0.1, 0.15) is 124 Å². The third-order valence-electron chi connectivity index (χ3n) is 4.84. The van der Waals surface area contributed by atoms with E-state index in [9.17, 15) is 4.79 Å². The lowest BCUT2D eigenvalue weighted by Gasteiger charge is -2.21. The van der Waals surface area contributed by atoms with Crippen molar-refractivity contribution in [1.82, 2.24) is 0 Å². The molecule has 0 aliphatic heterocycles. The van der Waals surface area contributed by atoms with Gasteiger partial charge in [-0.05, 0) is 11.8 Å². The predicted molar refractivity (Wildman–Crippen MR) is 101 cm³/mol. The van der Waals surface area contributed by atoms with Gasteiger partial charge in [-0.2, -0.15) is 0 Å². The van der Waals surface area contributed by atoms with Crippen molar-refractivity contribution in [3.63, 3.8) is 0 Å². The van der Waals surface area contributed by atoms with Crippen LogP contribution >= 0.6 is 0 Å². The van der Waals surface area contributed by atoms with Gasteiger partial charge in [-0.25, -0.2) is 0 Å². The van der Waals surface area contributed by atoms with E-state index in [1.165, 1.54) is 89.9 Å². The normalized spacial score (nSPS) is 11.8. The zero-order valence-electron chi connectivity index (χ0n) is 16.2. The molecule has 0 spiro atoms. The van der Waals surface area contributed by atoms with Crippen molar-refractivity contribution in [3.8, 4) is 0 Å². The predicted octanol–water partition coefficient (Wildman–Crippen LogP) is 7.36. The first-order valence-corrected chi connectivity index (χ1v) is 10.2. The van der Waals surface area contributed by atoms with E-state index in [-0.39, 0.29) is 5.41 Å². The van der Waals surface area contributed by atoms with Crippen molar-refractivity contribution in [3.05, 3.63) is 0 Å². The van der Waals surface area contributed by atoms with Crippen LogP contribution in [0.5, 0.6) is 0 Å². The summed E-state index contributed by atoms with van der Waals surface area (Å²) >= 11 is 0. The molecular weight excluding hydrogens is 284 g/mol. The van der Waals surface area contributed by atoms with E-state index in [1.54, 1.807) is 0 Å². The van der Waals surface area contributed by atoms with Gasteiger partial charge in [-0.3, -0.25) is 4.79 Å². The Morgan fingerprint density at radius 2 is 1.04 bits per heavy atom. The Kier molecular flexibility index (Phi) is 14.7. The number of carboxylic acid groups (broad SMARTS) is 1. The second-order valence-electron chi connectivity index (χ2n) is 8.08. The Morgan fingerprint density at radius 1 is 0.696 bits per heavy atom. The Labute approximate surface area is 145 Å². The van der Waals surface area contributed by atoms with Gasteiger partial charge in [0.25, 0.3) is 0 Å². The zero-order valence-corrected chi connectivity index (χ0v) is 16.2. The third-order valence-corrected chi connectivity index (χ3v) is 4.84. The number of carbonyl (C=O) groups is 1. The van der Waals surface area contributed by atoms with Crippen LogP contribution in [0.2, 0.25) is 0 Å². The monoisotopic (exact) mass is 326 g/mol. The molecule has 1 N–H and O–H groups in total. The van der Waals surface area contributed by atoms with E-state index in [2.05, 4.69) is 20.8 Å². The molecule has 0 aromatic rings. The van der Waals surface area contributed by atoms with Gasteiger partial charge in [0, 0.05) is 0 Å². The number of unbranched alkanes of at least 4 members (excludes halogenated alkanes) is 13. The summed E-state index contributed by atoms with van der Waals surface area (Å²) in [4.78, 5) is 10.8. The van der Waals surface area contributed by atoms with Gasteiger partial charge in [0.1, 0.15) is 0 Å². The van der Waals surface area contributed by atoms with Gasteiger partial charge in [-0.1, -0.05) is 111 Å². The lowest BCUT2D eigenvalue weighted by atomic mass is 9.83. The highest BCUT2D eigenvalue weighted by Gasteiger charge is 2.20. The van der Waals surface area contributed by atoms with Crippen molar-refractivity contribution in [2.45, 2.75) is 124 Å². The summed E-state index contributed by atoms with van der Waals surface area (Å²) in [5, 5.41) is 8.86. The van der Waals surface area contributed by atoms with Crippen molar-refractivity contribution in [2.75, 3.05) is 0 Å². The van der Waals surface area contributed by atoms with Gasteiger partial charge in [0.15, 0.2) is 0 Å². The molecule has 138 valence electrons. The van der Waals surface area contributed by atoms with Crippen LogP contribution in [0.25, 0.3) is 0 Å². The molecule has 2 heteroatoms. The fourth-order valence-corrected chi connectivity index (χ4v) is 3.30. The smallest absolute Gasteiger partial charge is 0.303 e. The van der Waals surface area contributed by atoms with Crippen LogP contribution < -0.4 is 0 Å². The molecule has 0 rings (SSSR count). The second kappa shape index (κ2) is 15.0. The van der Waals surface area contributed by atoms with Crippen LogP contribution in [0.4, 0.5) is 0 Å². The molecule has 0 bridgehead atoms. The van der Waals surface area contributed by atoms with Crippen molar-refractivity contribution < 1.29 is 9.90 Å². The molecule has 0 saturated carbocycles. The van der Waals surface area contributed by atoms with Crippen LogP contribution in [0.15, 0.2) is 0 Å². The van der Waals surface area contributed by atoms with Crippen molar-refractivity contribution in [1.29, 1.82) is 0 Å². The van der Waals surface area contributed by atoms with E-state index < -0.39 is 5.97 Å². The number of hydrogen-bond donors (Lipinski definition) is 1. The molecule has 2 nitrogen and oxygen atoms in total. The Hall–Kier alpha value is -0.530. The highest BCUT2D eigenvalue weighted by molar-refractivity contribution is 5.67. The largest absolute Gasteiger partial charge is 0.481 e. The van der Waals surface area contributed by atoms with E-state index in [0.29, 0.717) is 6.42 Å². The van der Waals surface area contributed by atoms with Gasteiger partial charge in [0.2, 0.25) is 0 Å². The lowest BCUT2D eigenvalue weighted by molar-refractivity contribution is -0.139. The number of rotatable bonds is 17. The molecule has 0 radical (unpaired) electrons. The van der Waals surface area contributed by atoms with Gasteiger partial charge in [-0.15, -0.1) is 0 Å². The first kappa shape index (κ1) is 22.5. The first-order valence-electron chi connectivity index (χ1n) is 10.2. The highest BCUT2D eigenvalue weighted by Crippen LogP contribution is 2.28. The number of hydrogen-bond acceptors (Lipinski definition) is 1. The van der Waals surface area contributed by atoms with Crippen molar-refractivity contribution >= 4 is 5.97 Å². The molecule has 0 saturated heterocycles. The average Bonchev–Trinajstić information content (AvgIpc) is 2.46. The molecule has 0 aromatic heterocycles. The summed E-state index contributed by atoms with van der Waals surface area (Å²) in [6.07, 6.45) is 20.6. The van der Waals surface area contributed by atoms with E-state index in [4.69, 9.17) is 5.11 Å². The summed E-state index contributed by atoms with van der Waals surface area (Å²) in [6.45, 7) is 6.42. The minimum absolute atomic E-state index is 0.0387. The summed E-state index contributed by atoms with van der Waals surface area (Å²) in [5.41, 5.74) is -0.0387. The first-order chi connectivity index (χ1) is 11.0. The molecule has 0 aromatic carbocycles. The molecule has 0 aliphatic rings. The maximum atomic E-state index is 10.8. The SMILES string of the molecule is CCCCCCCCCCCCCCCCC(C)(C)CC(=O)O. The minimum atomic E-state index is -0.666. The van der Waals surface area contributed by atoms with E-state index in [0.717, 1.165) is 6.42 Å². The summed E-state index contributed by atoms with van der Waals surface area (Å²) < 4.78 is 0. The Morgan fingerprint density at radius 3 is 1.39 bits per heavy atom. The molecular formula is C21H42O2. The number of aliphatic carboxylic acids is 1. The minimum Gasteiger partial charge on any atom is -0.481 e. The topological polar surface area (TPSA) is 37.3 Å². The lowest BCUT2D eigenvalue weighted by Crippen LogP contribution is -2.16. The molecule has 0 amide bonds. The molecule has 0 unspecified atom stereocenters. The number of carboxylic acids is 1. The fourth-order valence-electron chi connectivity index (χ4n) is 3.30. The molecule has 0 fully saturated rings. The summed E-state index contributed by atoms with van der Waals surface area (Å²) in [5.74, 6) is -0.666. The molecule has 0 heterocycles. The zero-order chi connectivity index (χ0) is 17.4. The summed E-state index contributed by atoms with van der Waals surface area (Å²) in [6, 6.07) is 0. The standard InChI is InChI=1S/C21H42O2/c1-4-5-6-7-8-9-10-11-12-13-14-15-16-17-18-21(2,3)19-20(22)23/h4-19H2,1-3H3,(H,22,23). The highest BCUT2D eigenvalue weighted by atomic mass is 16.4. The van der Waals surface area contributed by atoms with Crippen LogP contribution in [0.3, 0.4) is 0 Å². The maximum absolute atomic E-state index is 10.8. The van der Waals surface area contributed by atoms with Gasteiger partial charge in [0.05, 0.1) is 6.42 Å². The van der Waals surface area contributed by atoms with Gasteiger partial charge >= 0.3 is 5.97 Å². The maximum Gasteiger partial charge on any atom is 0.303 e. The fraction of sp³-hybridized carbons (Fsp3) is 0.952. The Bertz CT molecular complexity index is 271.